The summed E-state index contributed by atoms with van der Waals surface area (Å²) in [5.41, 5.74) is 1.30. The average Bonchev–Trinajstić information content (AvgIpc) is 2.74. The molecular weight excluding hydrogens is 376 g/mol. The van der Waals surface area contributed by atoms with Crippen molar-refractivity contribution in [1.29, 1.82) is 0 Å². The van der Waals surface area contributed by atoms with Crippen LogP contribution in [0.2, 0.25) is 0 Å². The van der Waals surface area contributed by atoms with Gasteiger partial charge in [-0.05, 0) is 30.6 Å². The molecule has 2 N–H and O–H groups in total. The standard InChI is InChI=1S/C24H40N4S/c1-2-3-4-5-6-7-8-9-10-14-18-26-24(29)27-23-25-19-15-20-28(23)21-22-16-12-11-13-17-22/h11-13,16-17H,2-10,14-15,18-21H2,1H3,(H2,25,26,27,29). The van der Waals surface area contributed by atoms with Crippen LogP contribution in [0, 0.1) is 0 Å². The Morgan fingerprint density at radius 2 is 1.62 bits per heavy atom. The number of nitrogens with one attached hydrogen (secondary N) is 2. The lowest BCUT2D eigenvalue weighted by atomic mass is 10.1. The summed E-state index contributed by atoms with van der Waals surface area (Å²) in [6.07, 6.45) is 14.6. The van der Waals surface area contributed by atoms with Crippen molar-refractivity contribution in [3.05, 3.63) is 35.9 Å². The van der Waals surface area contributed by atoms with Gasteiger partial charge in [-0.25, -0.2) is 0 Å². The van der Waals surface area contributed by atoms with Gasteiger partial charge in [0.2, 0.25) is 5.96 Å². The number of benzene rings is 1. The van der Waals surface area contributed by atoms with Crippen molar-refractivity contribution in [3.63, 3.8) is 0 Å². The van der Waals surface area contributed by atoms with Crippen molar-refractivity contribution < 1.29 is 0 Å². The first-order valence-electron chi connectivity index (χ1n) is 11.7. The maximum Gasteiger partial charge on any atom is 0.200 e. The summed E-state index contributed by atoms with van der Waals surface area (Å²) < 4.78 is 0. The van der Waals surface area contributed by atoms with E-state index in [0.717, 1.165) is 38.6 Å². The molecule has 5 heteroatoms. The van der Waals surface area contributed by atoms with E-state index in [0.29, 0.717) is 5.11 Å². The first kappa shape index (κ1) is 23.7. The fourth-order valence-electron chi connectivity index (χ4n) is 3.69. The summed E-state index contributed by atoms with van der Waals surface area (Å²) in [6, 6.07) is 10.5. The Hall–Kier alpha value is -1.62. The van der Waals surface area contributed by atoms with Crippen LogP contribution in [-0.2, 0) is 6.54 Å². The number of unbranched alkanes of at least 4 members (excludes halogenated alkanes) is 9. The molecule has 1 aromatic carbocycles. The maximum absolute atomic E-state index is 5.49. The van der Waals surface area contributed by atoms with Crippen molar-refractivity contribution in [2.45, 2.75) is 84.1 Å². The minimum absolute atomic E-state index is 0.694. The Labute approximate surface area is 183 Å². The van der Waals surface area contributed by atoms with Crippen molar-refractivity contribution in [2.75, 3.05) is 19.6 Å². The maximum atomic E-state index is 5.49. The molecule has 0 saturated carbocycles. The Balaban J connectivity index is 1.54. The predicted molar refractivity (Wildman–Crippen MR) is 129 cm³/mol. The second-order valence-corrected chi connectivity index (χ2v) is 8.44. The lowest BCUT2D eigenvalue weighted by Gasteiger charge is -2.30. The molecule has 0 spiro atoms. The summed E-state index contributed by atoms with van der Waals surface area (Å²) in [5.74, 6) is 0.903. The molecule has 162 valence electrons. The number of rotatable bonds is 13. The lowest BCUT2D eigenvalue weighted by Crippen LogP contribution is -2.49. The Kier molecular flexibility index (Phi) is 12.4. The number of guanidine groups is 1. The minimum atomic E-state index is 0.694. The summed E-state index contributed by atoms with van der Waals surface area (Å²) in [7, 11) is 0. The smallest absolute Gasteiger partial charge is 0.200 e. The predicted octanol–water partition coefficient (Wildman–Crippen LogP) is 5.63. The molecule has 1 heterocycles. The molecular formula is C24H40N4S. The summed E-state index contributed by atoms with van der Waals surface area (Å²) >= 11 is 5.49. The van der Waals surface area contributed by atoms with E-state index in [-0.39, 0.29) is 0 Å². The van der Waals surface area contributed by atoms with Crippen LogP contribution < -0.4 is 10.6 Å². The Morgan fingerprint density at radius 1 is 0.966 bits per heavy atom. The topological polar surface area (TPSA) is 39.7 Å². The largest absolute Gasteiger partial charge is 0.362 e. The van der Waals surface area contributed by atoms with Gasteiger partial charge in [-0.15, -0.1) is 0 Å². The number of aliphatic imine (C=N–C) groups is 1. The minimum Gasteiger partial charge on any atom is -0.362 e. The van der Waals surface area contributed by atoms with Gasteiger partial charge in [0, 0.05) is 26.2 Å². The van der Waals surface area contributed by atoms with Crippen LogP contribution in [0.15, 0.2) is 35.3 Å². The summed E-state index contributed by atoms with van der Waals surface area (Å²) in [6.45, 7) is 5.97. The molecule has 0 unspecified atom stereocenters. The van der Waals surface area contributed by atoms with Gasteiger partial charge in [0.1, 0.15) is 0 Å². The number of thiocarbonyl (C=S) groups is 1. The van der Waals surface area contributed by atoms with E-state index in [2.05, 4.69) is 57.8 Å². The van der Waals surface area contributed by atoms with E-state index in [4.69, 9.17) is 12.2 Å². The van der Waals surface area contributed by atoms with Crippen LogP contribution in [0.25, 0.3) is 0 Å². The van der Waals surface area contributed by atoms with Crippen LogP contribution in [0.5, 0.6) is 0 Å². The highest BCUT2D eigenvalue weighted by Gasteiger charge is 2.16. The molecule has 0 saturated heterocycles. The molecule has 4 nitrogen and oxygen atoms in total. The SMILES string of the molecule is CCCCCCCCCCCCNC(=S)NC1=NCCCN1Cc1ccccc1. The van der Waals surface area contributed by atoms with Crippen molar-refractivity contribution >= 4 is 23.3 Å². The molecule has 1 aliphatic rings. The van der Waals surface area contributed by atoms with E-state index < -0.39 is 0 Å². The first-order valence-corrected chi connectivity index (χ1v) is 12.1. The van der Waals surface area contributed by atoms with Crippen LogP contribution in [0.4, 0.5) is 0 Å². The molecule has 1 aliphatic heterocycles. The third kappa shape index (κ3) is 10.6. The second-order valence-electron chi connectivity index (χ2n) is 8.03. The highest BCUT2D eigenvalue weighted by Crippen LogP contribution is 2.11. The Morgan fingerprint density at radius 3 is 2.31 bits per heavy atom. The third-order valence-electron chi connectivity index (χ3n) is 5.40. The molecule has 0 fully saturated rings. The lowest BCUT2D eigenvalue weighted by molar-refractivity contribution is 0.379. The van der Waals surface area contributed by atoms with Crippen molar-refractivity contribution in [3.8, 4) is 0 Å². The van der Waals surface area contributed by atoms with Crippen LogP contribution >= 0.6 is 12.2 Å². The zero-order valence-corrected chi connectivity index (χ0v) is 19.1. The molecule has 0 aromatic heterocycles. The molecule has 0 aliphatic carbocycles. The van der Waals surface area contributed by atoms with E-state index in [1.807, 2.05) is 0 Å². The van der Waals surface area contributed by atoms with Crippen LogP contribution in [0.1, 0.15) is 83.1 Å². The highest BCUT2D eigenvalue weighted by atomic mass is 32.1. The number of hydrogen-bond acceptors (Lipinski definition) is 3. The second kappa shape index (κ2) is 15.3. The van der Waals surface area contributed by atoms with Crippen molar-refractivity contribution in [1.82, 2.24) is 15.5 Å². The van der Waals surface area contributed by atoms with E-state index >= 15 is 0 Å². The zero-order valence-electron chi connectivity index (χ0n) is 18.3. The van der Waals surface area contributed by atoms with Crippen LogP contribution in [0.3, 0.4) is 0 Å². The summed E-state index contributed by atoms with van der Waals surface area (Å²) in [5, 5.41) is 7.37. The molecule has 0 amide bonds. The zero-order chi connectivity index (χ0) is 20.6. The first-order chi connectivity index (χ1) is 14.3. The number of nitrogens with zero attached hydrogens (tertiary/aromatic N) is 2. The van der Waals surface area contributed by atoms with E-state index in [9.17, 15) is 0 Å². The van der Waals surface area contributed by atoms with Gasteiger partial charge >= 0.3 is 0 Å². The van der Waals surface area contributed by atoms with Gasteiger partial charge in [-0.3, -0.25) is 4.99 Å². The van der Waals surface area contributed by atoms with E-state index in [1.54, 1.807) is 0 Å². The fourth-order valence-corrected chi connectivity index (χ4v) is 3.88. The van der Waals surface area contributed by atoms with Gasteiger partial charge in [0.25, 0.3) is 0 Å². The molecule has 1 aromatic rings. The van der Waals surface area contributed by atoms with Crippen molar-refractivity contribution in [2.24, 2.45) is 4.99 Å². The number of hydrogen-bond donors (Lipinski definition) is 2. The van der Waals surface area contributed by atoms with Gasteiger partial charge < -0.3 is 15.5 Å². The molecule has 29 heavy (non-hydrogen) atoms. The Bertz CT molecular complexity index is 588. The molecule has 0 radical (unpaired) electrons. The summed E-state index contributed by atoms with van der Waals surface area (Å²) in [4.78, 5) is 6.94. The third-order valence-corrected chi connectivity index (χ3v) is 5.65. The van der Waals surface area contributed by atoms with E-state index in [1.165, 1.54) is 69.8 Å². The monoisotopic (exact) mass is 416 g/mol. The normalized spacial score (nSPS) is 13.8. The average molecular weight is 417 g/mol. The molecule has 0 atom stereocenters. The van der Waals surface area contributed by atoms with Gasteiger partial charge in [0.05, 0.1) is 0 Å². The van der Waals surface area contributed by atoms with Gasteiger partial charge in [-0.2, -0.15) is 0 Å². The van der Waals surface area contributed by atoms with Gasteiger partial charge in [0.15, 0.2) is 5.11 Å². The quantitative estimate of drug-likeness (QED) is 0.323. The molecule has 2 rings (SSSR count). The van der Waals surface area contributed by atoms with Crippen LogP contribution in [-0.4, -0.2) is 35.6 Å². The highest BCUT2D eigenvalue weighted by molar-refractivity contribution is 7.80. The fraction of sp³-hybridized carbons (Fsp3) is 0.667. The molecule has 0 bridgehead atoms. The van der Waals surface area contributed by atoms with Gasteiger partial charge in [-0.1, -0.05) is 95.0 Å².